The van der Waals surface area contributed by atoms with Crippen LogP contribution in [0.5, 0.6) is 0 Å². The number of nitrogens with one attached hydrogen (secondary N) is 1. The van der Waals surface area contributed by atoms with Crippen LogP contribution in [0.25, 0.3) is 0 Å². The lowest BCUT2D eigenvalue weighted by atomic mass is 10.2. The number of hydrogen-bond donors (Lipinski definition) is 1. The predicted octanol–water partition coefficient (Wildman–Crippen LogP) is 1.84. The first kappa shape index (κ1) is 12.3. The summed E-state index contributed by atoms with van der Waals surface area (Å²) < 4.78 is 5.48. The molecule has 0 amide bonds. The number of carbonyl (C=O) groups excluding carboxylic acids is 1. The van der Waals surface area contributed by atoms with E-state index < -0.39 is 0 Å². The molecule has 0 aliphatic carbocycles. The third kappa shape index (κ3) is 2.92. The van der Waals surface area contributed by atoms with Gasteiger partial charge in [-0.3, -0.25) is 4.79 Å². The van der Waals surface area contributed by atoms with Gasteiger partial charge in [-0.2, -0.15) is 0 Å². The van der Waals surface area contributed by atoms with E-state index in [2.05, 4.69) is 15.3 Å². The first-order chi connectivity index (χ1) is 8.20. The van der Waals surface area contributed by atoms with Gasteiger partial charge >= 0.3 is 0 Å². The van der Waals surface area contributed by atoms with Gasteiger partial charge in [0.1, 0.15) is 16.8 Å². The van der Waals surface area contributed by atoms with Crippen molar-refractivity contribution in [2.24, 2.45) is 0 Å². The average Bonchev–Trinajstić information content (AvgIpc) is 2.78. The highest BCUT2D eigenvalue weighted by Crippen LogP contribution is 2.20. The van der Waals surface area contributed by atoms with E-state index in [0.29, 0.717) is 30.0 Å². The van der Waals surface area contributed by atoms with E-state index in [9.17, 15) is 4.79 Å². The summed E-state index contributed by atoms with van der Waals surface area (Å²) >= 11 is 5.88. The lowest BCUT2D eigenvalue weighted by Gasteiger charge is -2.13. The topological polar surface area (TPSA) is 64.1 Å². The summed E-state index contributed by atoms with van der Waals surface area (Å²) in [6.07, 6.45) is 2.96. The Kier molecular flexibility index (Phi) is 3.91. The Labute approximate surface area is 105 Å². The molecule has 0 bridgehead atoms. The van der Waals surface area contributed by atoms with Crippen LogP contribution in [-0.4, -0.2) is 35.5 Å². The van der Waals surface area contributed by atoms with Crippen LogP contribution in [0, 0.1) is 6.92 Å². The maximum absolute atomic E-state index is 10.9. The maximum Gasteiger partial charge on any atom is 0.156 e. The Morgan fingerprint density at radius 1 is 1.59 bits per heavy atom. The summed E-state index contributed by atoms with van der Waals surface area (Å²) in [7, 11) is 0. The molecule has 0 spiro atoms. The highest BCUT2D eigenvalue weighted by Gasteiger charge is 2.17. The van der Waals surface area contributed by atoms with Crippen LogP contribution in [0.1, 0.15) is 29.0 Å². The number of nitrogens with zero attached hydrogens (tertiary/aromatic N) is 2. The Balaban J connectivity index is 2.10. The molecule has 6 heteroatoms. The normalized spacial score (nSPS) is 19.3. The lowest BCUT2D eigenvalue weighted by molar-refractivity contribution is 0.112. The Bertz CT molecular complexity index is 419. The maximum atomic E-state index is 10.9. The zero-order valence-corrected chi connectivity index (χ0v) is 10.3. The number of ether oxygens (including phenoxy) is 1. The lowest BCUT2D eigenvalue weighted by Crippen LogP contribution is -2.20. The van der Waals surface area contributed by atoms with Gasteiger partial charge in [0, 0.05) is 13.2 Å². The number of anilines is 1. The van der Waals surface area contributed by atoms with E-state index in [1.165, 1.54) is 0 Å². The molecule has 1 fully saturated rings. The standard InChI is InChI=1S/C11H14ClN3O2/c1-7-14-10(12)9(6-16)11(15-7)13-5-8-3-2-4-17-8/h6,8H,2-5H2,1H3,(H,13,14,15). The van der Waals surface area contributed by atoms with Crippen molar-refractivity contribution in [3.63, 3.8) is 0 Å². The van der Waals surface area contributed by atoms with Gasteiger partial charge in [-0.1, -0.05) is 11.6 Å². The molecule has 0 aromatic carbocycles. The molecule has 5 nitrogen and oxygen atoms in total. The number of aldehydes is 1. The van der Waals surface area contributed by atoms with Crippen molar-refractivity contribution in [2.45, 2.75) is 25.9 Å². The number of hydrogen-bond acceptors (Lipinski definition) is 5. The molecule has 1 aromatic rings. The fraction of sp³-hybridized carbons (Fsp3) is 0.545. The number of carbonyl (C=O) groups is 1. The minimum atomic E-state index is 0.183. The summed E-state index contributed by atoms with van der Waals surface area (Å²) in [6.45, 7) is 3.17. The minimum absolute atomic E-state index is 0.183. The third-order valence-corrected chi connectivity index (χ3v) is 2.94. The molecule has 2 heterocycles. The van der Waals surface area contributed by atoms with Gasteiger partial charge < -0.3 is 10.1 Å². The third-order valence-electron chi connectivity index (χ3n) is 2.65. The van der Waals surface area contributed by atoms with Crippen LogP contribution in [-0.2, 0) is 4.74 Å². The molecule has 1 atom stereocenters. The second kappa shape index (κ2) is 5.42. The van der Waals surface area contributed by atoms with Crippen LogP contribution in [0.3, 0.4) is 0 Å². The molecule has 1 aliphatic heterocycles. The predicted molar refractivity (Wildman–Crippen MR) is 64.6 cm³/mol. The van der Waals surface area contributed by atoms with Crippen molar-refractivity contribution in [1.29, 1.82) is 0 Å². The summed E-state index contributed by atoms with van der Waals surface area (Å²) in [5.41, 5.74) is 0.301. The summed E-state index contributed by atoms with van der Waals surface area (Å²) in [6, 6.07) is 0. The Morgan fingerprint density at radius 3 is 3.06 bits per heavy atom. The first-order valence-electron chi connectivity index (χ1n) is 5.55. The molecule has 1 aliphatic rings. The highest BCUT2D eigenvalue weighted by molar-refractivity contribution is 6.32. The highest BCUT2D eigenvalue weighted by atomic mass is 35.5. The van der Waals surface area contributed by atoms with Crippen LogP contribution >= 0.6 is 11.6 Å². The van der Waals surface area contributed by atoms with E-state index >= 15 is 0 Å². The zero-order chi connectivity index (χ0) is 12.3. The molecule has 0 radical (unpaired) electrons. The molecule has 1 aromatic heterocycles. The Hall–Kier alpha value is -1.20. The van der Waals surface area contributed by atoms with Gasteiger partial charge in [-0.05, 0) is 19.8 Å². The van der Waals surface area contributed by atoms with Crippen LogP contribution in [0.4, 0.5) is 5.82 Å². The zero-order valence-electron chi connectivity index (χ0n) is 9.57. The molecular formula is C11H14ClN3O2. The molecular weight excluding hydrogens is 242 g/mol. The molecule has 0 saturated carbocycles. The molecule has 2 rings (SSSR count). The fourth-order valence-corrected chi connectivity index (χ4v) is 2.06. The van der Waals surface area contributed by atoms with Crippen LogP contribution in [0.15, 0.2) is 0 Å². The smallest absolute Gasteiger partial charge is 0.156 e. The quantitative estimate of drug-likeness (QED) is 0.657. The second-order valence-electron chi connectivity index (χ2n) is 3.96. The molecule has 1 saturated heterocycles. The van der Waals surface area contributed by atoms with Crippen molar-refractivity contribution in [3.05, 3.63) is 16.5 Å². The second-order valence-corrected chi connectivity index (χ2v) is 4.32. The van der Waals surface area contributed by atoms with Crippen molar-refractivity contribution in [3.8, 4) is 0 Å². The van der Waals surface area contributed by atoms with E-state index in [-0.39, 0.29) is 11.3 Å². The van der Waals surface area contributed by atoms with Gasteiger partial charge in [0.25, 0.3) is 0 Å². The summed E-state index contributed by atoms with van der Waals surface area (Å²) in [5.74, 6) is 1.02. The number of aryl methyl sites for hydroxylation is 1. The number of rotatable bonds is 4. The fourth-order valence-electron chi connectivity index (χ4n) is 1.80. The summed E-state index contributed by atoms with van der Waals surface area (Å²) in [4.78, 5) is 19.0. The van der Waals surface area contributed by atoms with Gasteiger partial charge in [0.05, 0.1) is 11.7 Å². The number of halogens is 1. The minimum Gasteiger partial charge on any atom is -0.376 e. The monoisotopic (exact) mass is 255 g/mol. The molecule has 17 heavy (non-hydrogen) atoms. The first-order valence-corrected chi connectivity index (χ1v) is 5.93. The summed E-state index contributed by atoms with van der Waals surface area (Å²) in [5, 5.41) is 3.28. The van der Waals surface area contributed by atoms with Crippen LogP contribution in [0.2, 0.25) is 5.15 Å². The van der Waals surface area contributed by atoms with Crippen molar-refractivity contribution in [1.82, 2.24) is 9.97 Å². The van der Waals surface area contributed by atoms with Gasteiger partial charge in [0.2, 0.25) is 0 Å². The van der Waals surface area contributed by atoms with Crippen molar-refractivity contribution in [2.75, 3.05) is 18.5 Å². The molecule has 1 unspecified atom stereocenters. The van der Waals surface area contributed by atoms with E-state index in [4.69, 9.17) is 16.3 Å². The van der Waals surface area contributed by atoms with Gasteiger partial charge in [0.15, 0.2) is 6.29 Å². The van der Waals surface area contributed by atoms with Gasteiger partial charge in [-0.25, -0.2) is 9.97 Å². The number of aromatic nitrogens is 2. The average molecular weight is 256 g/mol. The molecule has 92 valence electrons. The SMILES string of the molecule is Cc1nc(Cl)c(C=O)c(NCC2CCCO2)n1. The largest absolute Gasteiger partial charge is 0.376 e. The van der Waals surface area contributed by atoms with Crippen LogP contribution < -0.4 is 5.32 Å². The van der Waals surface area contributed by atoms with E-state index in [0.717, 1.165) is 19.4 Å². The molecule has 1 N–H and O–H groups in total. The van der Waals surface area contributed by atoms with E-state index in [1.54, 1.807) is 6.92 Å². The van der Waals surface area contributed by atoms with Crippen molar-refractivity contribution < 1.29 is 9.53 Å². The Morgan fingerprint density at radius 2 is 2.41 bits per heavy atom. The van der Waals surface area contributed by atoms with Gasteiger partial charge in [-0.15, -0.1) is 0 Å². The van der Waals surface area contributed by atoms with Crippen molar-refractivity contribution >= 4 is 23.7 Å². The van der Waals surface area contributed by atoms with E-state index in [1.807, 2.05) is 0 Å².